The SMILES string of the molecule is NC(=O)C1=CC2CN1C=CN=COCC=CC=Cc1ccc3nccc(c3c1)O2. The summed E-state index contributed by atoms with van der Waals surface area (Å²) < 4.78 is 11.5. The number of hydrogen-bond acceptors (Lipinski definition) is 6. The Hall–Kier alpha value is -3.87. The van der Waals surface area contributed by atoms with Crippen LogP contribution in [0.3, 0.4) is 0 Å². The van der Waals surface area contributed by atoms with Crippen molar-refractivity contribution < 1.29 is 14.3 Å². The van der Waals surface area contributed by atoms with Crippen LogP contribution in [0.2, 0.25) is 0 Å². The Balaban J connectivity index is 1.73. The number of benzene rings is 1. The number of aromatic nitrogens is 1. The molecule has 0 spiro atoms. The molecule has 0 radical (unpaired) electrons. The van der Waals surface area contributed by atoms with Crippen molar-refractivity contribution in [1.29, 1.82) is 0 Å². The van der Waals surface area contributed by atoms with Crippen molar-refractivity contribution in [2.75, 3.05) is 13.2 Å². The van der Waals surface area contributed by atoms with Gasteiger partial charge in [0.25, 0.3) is 5.91 Å². The zero-order valence-corrected chi connectivity index (χ0v) is 15.6. The highest BCUT2D eigenvalue weighted by Gasteiger charge is 2.27. The molecule has 2 N–H and O–H groups in total. The van der Waals surface area contributed by atoms with Gasteiger partial charge < -0.3 is 20.1 Å². The molecule has 0 saturated carbocycles. The molecular weight excluding hydrogens is 368 g/mol. The molecular formula is C22H20N4O3. The van der Waals surface area contributed by atoms with E-state index in [2.05, 4.69) is 9.98 Å². The average molecular weight is 388 g/mol. The Morgan fingerprint density at radius 2 is 2.17 bits per heavy atom. The van der Waals surface area contributed by atoms with Crippen LogP contribution in [0.5, 0.6) is 5.75 Å². The van der Waals surface area contributed by atoms with Crippen LogP contribution in [0.25, 0.3) is 17.0 Å². The number of hydrogen-bond donors (Lipinski definition) is 1. The quantitative estimate of drug-likeness (QED) is 0.811. The molecule has 1 amide bonds. The lowest BCUT2D eigenvalue weighted by Gasteiger charge is -2.18. The minimum absolute atomic E-state index is 0.339. The van der Waals surface area contributed by atoms with E-state index in [4.69, 9.17) is 15.2 Å². The molecule has 0 fully saturated rings. The van der Waals surface area contributed by atoms with E-state index in [1.165, 1.54) is 6.40 Å². The maximum atomic E-state index is 11.8. The summed E-state index contributed by atoms with van der Waals surface area (Å²) in [6, 6.07) is 7.81. The lowest BCUT2D eigenvalue weighted by atomic mass is 10.1. The number of carbonyl (C=O) groups is 1. The second-order valence-corrected chi connectivity index (χ2v) is 6.48. The summed E-state index contributed by atoms with van der Waals surface area (Å²) in [6.07, 6.45) is 15.4. The van der Waals surface area contributed by atoms with Gasteiger partial charge in [0, 0.05) is 24.0 Å². The molecule has 2 aliphatic heterocycles. The van der Waals surface area contributed by atoms with E-state index in [0.29, 0.717) is 24.6 Å². The number of primary amides is 1. The van der Waals surface area contributed by atoms with Crippen LogP contribution in [0, 0.1) is 0 Å². The van der Waals surface area contributed by atoms with Gasteiger partial charge in [0.2, 0.25) is 0 Å². The molecule has 1 atom stereocenters. The smallest absolute Gasteiger partial charge is 0.265 e. The molecule has 3 heterocycles. The molecule has 1 unspecified atom stereocenters. The van der Waals surface area contributed by atoms with E-state index in [1.807, 2.05) is 48.6 Å². The van der Waals surface area contributed by atoms with Gasteiger partial charge in [-0.05, 0) is 35.9 Å². The molecule has 4 rings (SSSR count). The number of rotatable bonds is 1. The fourth-order valence-corrected chi connectivity index (χ4v) is 3.16. The van der Waals surface area contributed by atoms with Crippen molar-refractivity contribution in [3.8, 4) is 5.75 Å². The van der Waals surface area contributed by atoms with E-state index < -0.39 is 5.91 Å². The molecule has 2 aromatic rings. The Kier molecular flexibility index (Phi) is 5.38. The minimum Gasteiger partial charge on any atom is -0.484 e. The normalized spacial score (nSPS) is 18.8. The van der Waals surface area contributed by atoms with Gasteiger partial charge in [-0.2, -0.15) is 0 Å². The molecule has 0 aliphatic carbocycles. The van der Waals surface area contributed by atoms with E-state index >= 15 is 0 Å². The lowest BCUT2D eigenvalue weighted by molar-refractivity contribution is -0.115. The van der Waals surface area contributed by atoms with Crippen LogP contribution in [0.15, 0.2) is 77.9 Å². The molecule has 29 heavy (non-hydrogen) atoms. The minimum atomic E-state index is -0.524. The summed E-state index contributed by atoms with van der Waals surface area (Å²) in [4.78, 5) is 22.0. The maximum Gasteiger partial charge on any atom is 0.265 e. The molecule has 0 saturated heterocycles. The predicted octanol–water partition coefficient (Wildman–Crippen LogP) is 2.77. The van der Waals surface area contributed by atoms with Gasteiger partial charge in [-0.1, -0.05) is 24.3 Å². The summed E-state index contributed by atoms with van der Waals surface area (Å²) in [5.74, 6) is 0.174. The lowest BCUT2D eigenvalue weighted by Crippen LogP contribution is -2.27. The number of nitrogens with two attached hydrogens (primary N) is 1. The van der Waals surface area contributed by atoms with Crippen molar-refractivity contribution in [3.05, 3.63) is 78.4 Å². The van der Waals surface area contributed by atoms with Gasteiger partial charge in [-0.15, -0.1) is 0 Å². The highest BCUT2D eigenvalue weighted by molar-refractivity contribution is 5.92. The number of carbonyl (C=O) groups excluding carboxylic acids is 1. The van der Waals surface area contributed by atoms with E-state index in [1.54, 1.807) is 29.6 Å². The van der Waals surface area contributed by atoms with Crippen molar-refractivity contribution in [2.24, 2.45) is 10.7 Å². The van der Waals surface area contributed by atoms with Crippen molar-refractivity contribution in [1.82, 2.24) is 9.88 Å². The van der Waals surface area contributed by atoms with Crippen molar-refractivity contribution >= 4 is 29.3 Å². The van der Waals surface area contributed by atoms with E-state index in [0.717, 1.165) is 16.5 Å². The van der Waals surface area contributed by atoms with Crippen LogP contribution in [-0.2, 0) is 9.53 Å². The first-order valence-corrected chi connectivity index (χ1v) is 9.17. The third-order valence-electron chi connectivity index (χ3n) is 4.48. The van der Waals surface area contributed by atoms with Crippen LogP contribution in [0.1, 0.15) is 5.56 Å². The summed E-state index contributed by atoms with van der Waals surface area (Å²) in [5, 5.41) is 0.899. The van der Waals surface area contributed by atoms with Gasteiger partial charge in [-0.3, -0.25) is 9.78 Å². The molecule has 146 valence electrons. The number of allylic oxidation sites excluding steroid dienone is 2. The molecule has 7 heteroatoms. The monoisotopic (exact) mass is 388 g/mol. The van der Waals surface area contributed by atoms with Gasteiger partial charge >= 0.3 is 0 Å². The van der Waals surface area contributed by atoms with Gasteiger partial charge in [0.15, 0.2) is 6.40 Å². The zero-order chi connectivity index (χ0) is 20.1. The number of pyridine rings is 1. The van der Waals surface area contributed by atoms with Gasteiger partial charge in [0.1, 0.15) is 24.2 Å². The summed E-state index contributed by atoms with van der Waals surface area (Å²) in [7, 11) is 0. The number of ether oxygens (including phenoxy) is 2. The van der Waals surface area contributed by atoms with Crippen LogP contribution < -0.4 is 10.5 Å². The number of aliphatic imine (C=N–C) groups is 1. The Morgan fingerprint density at radius 1 is 1.24 bits per heavy atom. The molecule has 1 aromatic heterocycles. The number of amides is 1. The average Bonchev–Trinajstić information content (AvgIpc) is 3.12. The Bertz CT molecular complexity index is 1070. The third-order valence-corrected chi connectivity index (χ3v) is 4.48. The molecule has 1 aromatic carbocycles. The first-order chi connectivity index (χ1) is 14.2. The van der Waals surface area contributed by atoms with Gasteiger partial charge in [0.05, 0.1) is 12.1 Å². The fourth-order valence-electron chi connectivity index (χ4n) is 3.16. The van der Waals surface area contributed by atoms with Crippen molar-refractivity contribution in [2.45, 2.75) is 6.10 Å². The van der Waals surface area contributed by atoms with Crippen LogP contribution in [0.4, 0.5) is 0 Å². The maximum absolute atomic E-state index is 11.8. The second-order valence-electron chi connectivity index (χ2n) is 6.48. The third kappa shape index (κ3) is 4.35. The highest BCUT2D eigenvalue weighted by Crippen LogP contribution is 2.28. The standard InChI is InChI=1S/C22H20N4O3/c23-22(27)20-13-17-14-26(20)10-9-24-15-28-11-3-1-2-4-16-5-6-19-18(12-16)21(29-17)7-8-25-19/h1-10,12-13,15,17H,11,14H2,(H2,23,27). The topological polar surface area (TPSA) is 90.0 Å². The van der Waals surface area contributed by atoms with Crippen LogP contribution >= 0.6 is 0 Å². The molecule has 7 nitrogen and oxygen atoms in total. The Morgan fingerprint density at radius 3 is 3.07 bits per heavy atom. The molecule has 2 aliphatic rings. The summed E-state index contributed by atoms with van der Waals surface area (Å²) >= 11 is 0. The summed E-state index contributed by atoms with van der Waals surface area (Å²) in [6.45, 7) is 0.844. The predicted molar refractivity (Wildman–Crippen MR) is 112 cm³/mol. The number of nitrogens with zero attached hydrogens (tertiary/aromatic N) is 3. The van der Waals surface area contributed by atoms with Crippen LogP contribution in [-0.4, -0.2) is 41.4 Å². The number of fused-ring (bicyclic) bond motifs is 3. The highest BCUT2D eigenvalue weighted by atomic mass is 16.5. The zero-order valence-electron chi connectivity index (χ0n) is 15.6. The largest absolute Gasteiger partial charge is 0.484 e. The second kappa shape index (κ2) is 8.43. The fraction of sp³-hybridized carbons (Fsp3) is 0.136. The van der Waals surface area contributed by atoms with E-state index in [9.17, 15) is 4.79 Å². The molecule has 4 bridgehead atoms. The Labute approximate surface area is 168 Å². The van der Waals surface area contributed by atoms with Crippen molar-refractivity contribution in [3.63, 3.8) is 0 Å². The first-order valence-electron chi connectivity index (χ1n) is 9.17. The van der Waals surface area contributed by atoms with Gasteiger partial charge in [-0.25, -0.2) is 4.99 Å². The first kappa shape index (κ1) is 18.5. The summed E-state index contributed by atoms with van der Waals surface area (Å²) in [5.41, 5.74) is 7.74. The van der Waals surface area contributed by atoms with E-state index in [-0.39, 0.29) is 6.10 Å².